The van der Waals surface area contributed by atoms with Gasteiger partial charge in [-0.3, -0.25) is 0 Å². The van der Waals surface area contributed by atoms with Crippen LogP contribution in [0.15, 0.2) is 18.5 Å². The molecule has 84 valence electrons. The van der Waals surface area contributed by atoms with E-state index >= 15 is 0 Å². The summed E-state index contributed by atoms with van der Waals surface area (Å²) >= 11 is 0. The molecule has 2 rings (SSSR count). The summed E-state index contributed by atoms with van der Waals surface area (Å²) in [6.45, 7) is 4.32. The summed E-state index contributed by atoms with van der Waals surface area (Å²) in [6, 6.07) is 2.23. The number of nitrogens with zero attached hydrogens (tertiary/aromatic N) is 1. The van der Waals surface area contributed by atoms with Crippen LogP contribution in [-0.2, 0) is 12.8 Å². The van der Waals surface area contributed by atoms with Gasteiger partial charge in [0.2, 0.25) is 0 Å². The first-order valence-corrected chi connectivity index (χ1v) is 4.80. The van der Waals surface area contributed by atoms with E-state index in [1.807, 2.05) is 6.20 Å². The van der Waals surface area contributed by atoms with Crippen molar-refractivity contribution >= 4 is 11.0 Å². The van der Waals surface area contributed by atoms with E-state index in [4.69, 9.17) is 0 Å². The number of aromatic amines is 1. The van der Waals surface area contributed by atoms with Crippen molar-refractivity contribution in [3.63, 3.8) is 0 Å². The number of pyridine rings is 1. The summed E-state index contributed by atoms with van der Waals surface area (Å²) in [7, 11) is 0. The molecular weight excluding hydrogens is 184 g/mol. The maximum Gasteiger partial charge on any atom is 0.137 e. The largest absolute Gasteiger partial charge is 0.346 e. The second-order valence-corrected chi connectivity index (χ2v) is 3.26. The molecule has 0 aliphatic carbocycles. The molecule has 0 aromatic carbocycles. The lowest BCUT2D eigenvalue weighted by Crippen LogP contribution is -1.84. The molecule has 2 aromatic rings. The number of H-pyrrole nitrogens is 1. The van der Waals surface area contributed by atoms with Crippen LogP contribution in [0.5, 0.6) is 0 Å². The molecule has 0 atom stereocenters. The van der Waals surface area contributed by atoms with Crippen LogP contribution in [0.1, 0.15) is 39.8 Å². The average Bonchev–Trinajstić information content (AvgIpc) is 2.59. The quantitative estimate of drug-likeness (QED) is 0.791. The van der Waals surface area contributed by atoms with Gasteiger partial charge in [-0.15, -0.1) is 0 Å². The predicted molar refractivity (Wildman–Crippen MR) is 68.3 cm³/mol. The molecule has 0 saturated heterocycles. The van der Waals surface area contributed by atoms with Crippen molar-refractivity contribution < 1.29 is 0 Å². The highest BCUT2D eigenvalue weighted by Gasteiger charge is 2.02. The molecule has 0 fully saturated rings. The highest BCUT2D eigenvalue weighted by Crippen LogP contribution is 2.18. The van der Waals surface area contributed by atoms with Crippen molar-refractivity contribution in [3.05, 3.63) is 29.6 Å². The molecule has 2 aromatic heterocycles. The van der Waals surface area contributed by atoms with Gasteiger partial charge in [-0.25, -0.2) is 4.98 Å². The molecule has 0 saturated carbocycles. The van der Waals surface area contributed by atoms with Crippen LogP contribution in [0.25, 0.3) is 11.0 Å². The lowest BCUT2D eigenvalue weighted by molar-refractivity contribution is 1.11. The van der Waals surface area contributed by atoms with Crippen LogP contribution in [0, 0.1) is 0 Å². The van der Waals surface area contributed by atoms with Crippen LogP contribution in [0.3, 0.4) is 0 Å². The third-order valence-corrected chi connectivity index (χ3v) is 2.46. The monoisotopic (exact) mass is 206 g/mol. The van der Waals surface area contributed by atoms with Gasteiger partial charge in [0.05, 0.1) is 0 Å². The number of nitrogens with one attached hydrogen (secondary N) is 1. The van der Waals surface area contributed by atoms with Crippen molar-refractivity contribution in [3.8, 4) is 0 Å². The number of hydrogen-bond donors (Lipinski definition) is 1. The molecule has 0 bridgehead atoms. The molecule has 2 heterocycles. The fourth-order valence-corrected chi connectivity index (χ4v) is 1.59. The molecule has 0 spiro atoms. The minimum Gasteiger partial charge on any atom is -0.346 e. The van der Waals surface area contributed by atoms with E-state index in [9.17, 15) is 0 Å². The topological polar surface area (TPSA) is 28.7 Å². The first-order valence-electron chi connectivity index (χ1n) is 4.80. The third kappa shape index (κ3) is 2.38. The minimum atomic E-state index is 0. The van der Waals surface area contributed by atoms with E-state index in [2.05, 4.69) is 36.1 Å². The zero-order valence-corrected chi connectivity index (χ0v) is 8.09. The van der Waals surface area contributed by atoms with Gasteiger partial charge >= 0.3 is 0 Å². The van der Waals surface area contributed by atoms with Crippen LogP contribution >= 0.6 is 0 Å². The van der Waals surface area contributed by atoms with E-state index in [1.165, 1.54) is 16.5 Å². The van der Waals surface area contributed by atoms with Gasteiger partial charge in [-0.05, 0) is 30.0 Å². The number of aryl methyl sites for hydroxylation is 2. The van der Waals surface area contributed by atoms with E-state index in [0.717, 1.165) is 18.5 Å². The number of aromatic nitrogens is 2. The Morgan fingerprint density at radius 2 is 1.93 bits per heavy atom. The Bertz CT molecular complexity index is 415. The molecule has 0 aliphatic rings. The molecule has 0 radical (unpaired) electrons. The Morgan fingerprint density at radius 3 is 2.53 bits per heavy atom. The summed E-state index contributed by atoms with van der Waals surface area (Å²) in [6.07, 6.45) is 6.11. The lowest BCUT2D eigenvalue weighted by Gasteiger charge is -1.97. The first-order chi connectivity index (χ1) is 6.35. The molecule has 1 N–H and O–H groups in total. The van der Waals surface area contributed by atoms with Crippen molar-refractivity contribution in [1.29, 1.82) is 0 Å². The zero-order valence-electron chi connectivity index (χ0n) is 8.09. The van der Waals surface area contributed by atoms with E-state index in [1.54, 1.807) is 0 Å². The van der Waals surface area contributed by atoms with Crippen molar-refractivity contribution in [2.75, 3.05) is 0 Å². The highest BCUT2D eigenvalue weighted by molar-refractivity contribution is 5.80. The minimum absolute atomic E-state index is 0. The second kappa shape index (κ2) is 5.54. The van der Waals surface area contributed by atoms with Gasteiger partial charge in [-0.2, -0.15) is 0 Å². The Morgan fingerprint density at radius 1 is 1.20 bits per heavy atom. The summed E-state index contributed by atoms with van der Waals surface area (Å²) in [5, 5.41) is 1.28. The summed E-state index contributed by atoms with van der Waals surface area (Å²) < 4.78 is 0. The number of fused-ring (bicyclic) bond motifs is 1. The smallest absolute Gasteiger partial charge is 0.137 e. The fourth-order valence-electron chi connectivity index (χ4n) is 1.59. The lowest BCUT2D eigenvalue weighted by atomic mass is 10.1. The van der Waals surface area contributed by atoms with Crippen LogP contribution in [-0.4, -0.2) is 9.97 Å². The SMILES string of the molecule is C.C.CCc1cnc2[nH]cc(CC)c2c1. The fraction of sp³-hybridized carbons (Fsp3) is 0.462. The molecule has 15 heavy (non-hydrogen) atoms. The zero-order chi connectivity index (χ0) is 9.26. The van der Waals surface area contributed by atoms with Crippen molar-refractivity contribution in [2.24, 2.45) is 0 Å². The summed E-state index contributed by atoms with van der Waals surface area (Å²) in [4.78, 5) is 7.54. The summed E-state index contributed by atoms with van der Waals surface area (Å²) in [5.74, 6) is 0. The van der Waals surface area contributed by atoms with Gasteiger partial charge < -0.3 is 4.98 Å². The van der Waals surface area contributed by atoms with Crippen molar-refractivity contribution in [1.82, 2.24) is 9.97 Å². The standard InChI is InChI=1S/C11H14N2.2CH4/c1-3-8-5-10-9(4-2)7-13-11(10)12-6-8;;/h5-7H,3-4H2,1-2H3,(H,12,13);2*1H4. The van der Waals surface area contributed by atoms with Crippen LogP contribution < -0.4 is 0 Å². The first kappa shape index (κ1) is 13.7. The molecule has 0 unspecified atom stereocenters. The van der Waals surface area contributed by atoms with Crippen molar-refractivity contribution in [2.45, 2.75) is 41.5 Å². The van der Waals surface area contributed by atoms with Gasteiger partial charge in [-0.1, -0.05) is 28.7 Å². The third-order valence-electron chi connectivity index (χ3n) is 2.46. The van der Waals surface area contributed by atoms with Crippen LogP contribution in [0.2, 0.25) is 0 Å². The Hall–Kier alpha value is -1.31. The molecule has 0 aliphatic heterocycles. The molecular formula is C13H22N2. The normalized spacial score (nSPS) is 9.47. The maximum atomic E-state index is 4.37. The maximum absolute atomic E-state index is 4.37. The molecule has 2 nitrogen and oxygen atoms in total. The van der Waals surface area contributed by atoms with Gasteiger partial charge in [0.25, 0.3) is 0 Å². The number of hydrogen-bond acceptors (Lipinski definition) is 1. The molecule has 2 heteroatoms. The Kier molecular flexibility index (Phi) is 5.06. The second-order valence-electron chi connectivity index (χ2n) is 3.26. The van der Waals surface area contributed by atoms with E-state index in [-0.39, 0.29) is 14.9 Å². The molecule has 0 amide bonds. The summed E-state index contributed by atoms with van der Waals surface area (Å²) in [5.41, 5.74) is 3.67. The van der Waals surface area contributed by atoms with Gasteiger partial charge in [0.15, 0.2) is 0 Å². The van der Waals surface area contributed by atoms with E-state index in [0.29, 0.717) is 0 Å². The highest BCUT2D eigenvalue weighted by atomic mass is 14.8. The van der Waals surface area contributed by atoms with E-state index < -0.39 is 0 Å². The van der Waals surface area contributed by atoms with Gasteiger partial charge in [0.1, 0.15) is 5.65 Å². The van der Waals surface area contributed by atoms with Crippen LogP contribution in [0.4, 0.5) is 0 Å². The average molecular weight is 206 g/mol. The Labute approximate surface area is 92.7 Å². The predicted octanol–water partition coefficient (Wildman–Crippen LogP) is 3.96. The number of rotatable bonds is 2. The van der Waals surface area contributed by atoms with Gasteiger partial charge in [0, 0.05) is 17.8 Å². The Balaban J connectivity index is 0.000000980.